The van der Waals surface area contributed by atoms with Crippen LogP contribution in [0.1, 0.15) is 255 Å². The van der Waals surface area contributed by atoms with Gasteiger partial charge in [0.15, 0.2) is 0 Å². The molecule has 0 amide bonds. The van der Waals surface area contributed by atoms with Crippen LogP contribution in [0, 0.1) is 0 Å². The van der Waals surface area contributed by atoms with E-state index in [0.29, 0.717) is 0 Å². The molecular formula is C104H112S12. The van der Waals surface area contributed by atoms with E-state index >= 15 is 0 Å². The zero-order valence-electron chi connectivity index (χ0n) is 68.5. The molecule has 0 nitrogen and oxygen atoms in total. The predicted octanol–water partition coefficient (Wildman–Crippen LogP) is 40.1. The van der Waals surface area contributed by atoms with Crippen LogP contribution in [-0.2, 0) is 25.7 Å². The smallest absolute Gasteiger partial charge is 0.0484 e. The Kier molecular flexibility index (Phi) is 28.7. The third-order valence-corrected chi connectivity index (χ3v) is 39.5. The fourth-order valence-corrected chi connectivity index (χ4v) is 32.6. The summed E-state index contributed by atoms with van der Waals surface area (Å²) in [7, 11) is 0. The van der Waals surface area contributed by atoms with Crippen LogP contribution in [0.2, 0.25) is 0 Å². The third kappa shape index (κ3) is 19.0. The molecule has 0 spiro atoms. The van der Waals surface area contributed by atoms with Crippen molar-refractivity contribution < 1.29 is 0 Å². The largest absolute Gasteiger partial charge is 0.135 e. The van der Waals surface area contributed by atoms with E-state index in [1.165, 1.54) is 366 Å². The molecule has 0 fully saturated rings. The number of rotatable bonds is 36. The quantitative estimate of drug-likeness (QED) is 0.0343. The summed E-state index contributed by atoms with van der Waals surface area (Å²) in [5.74, 6) is 0. The Morgan fingerprint density at radius 3 is 0.578 bits per heavy atom. The first kappa shape index (κ1) is 82.6. The average Bonchev–Trinajstić information content (AvgIpc) is 1.61. The standard InChI is InChI=1S/C104H112S12/c1-5-9-13-17-21-25-29-33-45-73-74(46-34-30-26-22-18-14-10-6-2)102-90-62-58-86(108-90)94-66-70-42-38-50-78(98(70)112-94)82-55-56-84(106-82)80-52-40-44-72-68-96(114-100(72)80)88-60-64-92(110-88)104-76(48-36-32-28-24-20-16-12-8-4)75(47-35-31-27-23-19-15-11-7-3)103(116-104)91-63-59-87(109-91)95-67-71-43-39-51-79(99(71)113-95)83-54-53-81(105-83)77-49-37-41-69-65-93(111-97(69)77)85-57-61-89(107-85)101(73)115-102/h37-44,49-68H,5-36,45-48H2,1-4H3. The van der Waals surface area contributed by atoms with Crippen LogP contribution in [0.3, 0.4) is 0 Å². The first-order valence-electron chi connectivity index (χ1n) is 44.4. The van der Waals surface area contributed by atoms with Crippen molar-refractivity contribution in [3.8, 4) is 120 Å². The zero-order chi connectivity index (χ0) is 78.5. The zero-order valence-corrected chi connectivity index (χ0v) is 78.3. The van der Waals surface area contributed by atoms with Crippen molar-refractivity contribution in [2.45, 2.75) is 259 Å². The Balaban J connectivity index is 0.761. The Morgan fingerprint density at radius 2 is 0.353 bits per heavy atom. The molecule has 16 aromatic rings. The second kappa shape index (κ2) is 40.3. The molecule has 116 heavy (non-hydrogen) atoms. The SMILES string of the molecule is CCCCCCCCCCc1c2sc(c1CCCCCCCCCC)-c1ccc(s1)-c1cc3cccc(c3s1)-c1ccc(s1)-c1cccc3cc(sc13)-c1ccc(s1)-c1sc(c(CCCCCCCCCC)c1CCCCCCCCCC)-c1ccc(s1)-c1cc3cccc(c3s1)-c1ccc(s1)-c1cccc3cc(sc13)-c1ccc-2s1. The summed E-state index contributed by atoms with van der Waals surface area (Å²) in [5, 5.41) is 5.36. The van der Waals surface area contributed by atoms with E-state index in [-0.39, 0.29) is 0 Å². The highest BCUT2D eigenvalue weighted by Crippen LogP contribution is 2.56. The Hall–Kier alpha value is -5.68. The highest BCUT2D eigenvalue weighted by molar-refractivity contribution is 7.33. The van der Waals surface area contributed by atoms with Gasteiger partial charge >= 0.3 is 0 Å². The van der Waals surface area contributed by atoms with Crippen LogP contribution in [0.25, 0.3) is 160 Å². The van der Waals surface area contributed by atoms with E-state index in [0.717, 1.165) is 25.7 Å². The summed E-state index contributed by atoms with van der Waals surface area (Å²) in [6.07, 6.45) is 47.4. The summed E-state index contributed by atoms with van der Waals surface area (Å²) in [4.78, 5) is 28.3. The summed E-state index contributed by atoms with van der Waals surface area (Å²) in [5.41, 5.74) is 12.0. The molecule has 12 heteroatoms. The molecular weight excluding hydrogens is 1630 g/mol. The van der Waals surface area contributed by atoms with Gasteiger partial charge in [-0.2, -0.15) is 0 Å². The van der Waals surface area contributed by atoms with E-state index in [1.807, 2.05) is 113 Å². The van der Waals surface area contributed by atoms with E-state index in [9.17, 15) is 0 Å². The molecule has 0 saturated carbocycles. The van der Waals surface area contributed by atoms with Crippen molar-refractivity contribution in [1.29, 1.82) is 0 Å². The van der Waals surface area contributed by atoms with Gasteiger partial charge in [0.1, 0.15) is 0 Å². The number of hydrogen-bond donors (Lipinski definition) is 0. The minimum atomic E-state index is 1.16. The van der Waals surface area contributed by atoms with Crippen molar-refractivity contribution in [3.63, 3.8) is 0 Å². The van der Waals surface area contributed by atoms with Crippen molar-refractivity contribution in [2.24, 2.45) is 0 Å². The third-order valence-electron chi connectivity index (χ3n) is 24.1. The van der Waals surface area contributed by atoms with E-state index in [1.54, 1.807) is 22.3 Å². The molecule has 1 aliphatic heterocycles. The molecule has 0 radical (unpaired) electrons. The molecule has 17 rings (SSSR count). The lowest BCUT2D eigenvalue weighted by Gasteiger charge is -2.10. The van der Waals surface area contributed by atoms with Gasteiger partial charge in [-0.3, -0.25) is 0 Å². The normalized spacial score (nSPS) is 12.2. The van der Waals surface area contributed by atoms with Crippen LogP contribution in [-0.4, -0.2) is 0 Å². The monoisotopic (exact) mass is 1740 g/mol. The van der Waals surface area contributed by atoms with E-state index in [4.69, 9.17) is 0 Å². The fourth-order valence-electron chi connectivity index (χ4n) is 17.7. The average molecular weight is 1750 g/mol. The molecule has 12 aromatic heterocycles. The summed E-state index contributed by atoms with van der Waals surface area (Å²) < 4.78 is 5.56. The number of unbranched alkanes of at least 4 members (excludes halogenated alkanes) is 28. The van der Waals surface area contributed by atoms with Gasteiger partial charge in [0.25, 0.3) is 0 Å². The molecule has 24 bridgehead atoms. The van der Waals surface area contributed by atoms with Gasteiger partial charge in [0, 0.05) is 139 Å². The van der Waals surface area contributed by atoms with Gasteiger partial charge in [0.2, 0.25) is 0 Å². The molecule has 0 N–H and O–H groups in total. The maximum Gasteiger partial charge on any atom is 0.0484 e. The Morgan fingerprint density at radius 1 is 0.164 bits per heavy atom. The van der Waals surface area contributed by atoms with Crippen LogP contribution in [0.4, 0.5) is 0 Å². The van der Waals surface area contributed by atoms with Crippen molar-refractivity contribution >= 4 is 176 Å². The summed E-state index contributed by atoms with van der Waals surface area (Å²) in [6.45, 7) is 9.35. The number of thiophene rings is 12. The van der Waals surface area contributed by atoms with Gasteiger partial charge < -0.3 is 0 Å². The molecule has 13 heterocycles. The number of benzene rings is 4. The molecule has 0 aliphatic carbocycles. The van der Waals surface area contributed by atoms with Gasteiger partial charge in [-0.1, -0.05) is 280 Å². The molecule has 600 valence electrons. The second-order valence-electron chi connectivity index (χ2n) is 32.7. The van der Waals surface area contributed by atoms with Crippen molar-refractivity contribution in [3.05, 3.63) is 192 Å². The maximum atomic E-state index is 2.50. The highest BCUT2D eigenvalue weighted by Gasteiger charge is 2.28. The van der Waals surface area contributed by atoms with E-state index < -0.39 is 0 Å². The fraction of sp³-hybridized carbons (Fsp3) is 0.385. The Labute approximate surface area is 739 Å². The number of fused-ring (bicyclic) bond motifs is 32. The van der Waals surface area contributed by atoms with Crippen LogP contribution < -0.4 is 0 Å². The van der Waals surface area contributed by atoms with Crippen molar-refractivity contribution in [2.75, 3.05) is 0 Å². The minimum Gasteiger partial charge on any atom is -0.135 e. The Bertz CT molecular complexity index is 5160. The molecule has 0 saturated heterocycles. The summed E-state index contributed by atoms with van der Waals surface area (Å²) in [6, 6.07) is 67.7. The first-order valence-corrected chi connectivity index (χ1v) is 54.2. The van der Waals surface area contributed by atoms with Crippen LogP contribution >= 0.6 is 136 Å². The lowest BCUT2D eigenvalue weighted by molar-refractivity contribution is 0.571. The van der Waals surface area contributed by atoms with Gasteiger partial charge in [-0.15, -0.1) is 136 Å². The van der Waals surface area contributed by atoms with Gasteiger partial charge in [0.05, 0.1) is 0 Å². The summed E-state index contributed by atoms with van der Waals surface area (Å²) >= 11 is 24.3. The molecule has 0 atom stereocenters. The molecule has 0 unspecified atom stereocenters. The van der Waals surface area contributed by atoms with Gasteiger partial charge in [-0.25, -0.2) is 0 Å². The van der Waals surface area contributed by atoms with Crippen LogP contribution in [0.15, 0.2) is 170 Å². The van der Waals surface area contributed by atoms with Crippen molar-refractivity contribution in [1.82, 2.24) is 0 Å². The van der Waals surface area contributed by atoms with Crippen LogP contribution in [0.5, 0.6) is 0 Å². The highest BCUT2D eigenvalue weighted by atomic mass is 32.1. The number of hydrogen-bond acceptors (Lipinski definition) is 12. The molecule has 4 aromatic carbocycles. The topological polar surface area (TPSA) is 0 Å². The molecule has 1 aliphatic rings. The maximum absolute atomic E-state index is 2.50. The second-order valence-corrected chi connectivity index (χ2v) is 45.4. The minimum absolute atomic E-state index is 1.16. The predicted molar refractivity (Wildman–Crippen MR) is 535 cm³/mol. The lowest BCUT2D eigenvalue weighted by Crippen LogP contribution is -1.95. The lowest BCUT2D eigenvalue weighted by atomic mass is 9.95. The first-order chi connectivity index (χ1) is 57.4. The van der Waals surface area contributed by atoms with Gasteiger partial charge in [-0.05, 0) is 192 Å². The van der Waals surface area contributed by atoms with E-state index in [2.05, 4.69) is 220 Å².